The number of amides is 1. The lowest BCUT2D eigenvalue weighted by molar-refractivity contribution is 0.0607. The van der Waals surface area contributed by atoms with Crippen molar-refractivity contribution in [3.05, 3.63) is 81.9 Å². The number of hydrogen-bond donors (Lipinski definition) is 0. The van der Waals surface area contributed by atoms with Gasteiger partial charge in [-0.25, -0.2) is 4.98 Å². The third-order valence-electron chi connectivity index (χ3n) is 5.68. The van der Waals surface area contributed by atoms with Crippen molar-refractivity contribution >= 4 is 11.6 Å². The van der Waals surface area contributed by atoms with Crippen molar-refractivity contribution in [1.29, 1.82) is 0 Å². The molecule has 1 aliphatic rings. The van der Waals surface area contributed by atoms with Crippen LogP contribution in [0.15, 0.2) is 59.7 Å². The third-order valence-corrected chi connectivity index (χ3v) is 5.68. The van der Waals surface area contributed by atoms with E-state index < -0.39 is 0 Å². The first-order valence-corrected chi connectivity index (χ1v) is 10.0. The van der Waals surface area contributed by atoms with Crippen LogP contribution >= 0.6 is 0 Å². The third kappa shape index (κ3) is 4.07. The number of aryl methyl sites for hydroxylation is 1. The molecular weight excluding hydrogens is 364 g/mol. The number of carbonyl (C=O) groups excluding carboxylic acids is 1. The van der Waals surface area contributed by atoms with Gasteiger partial charge in [-0.3, -0.25) is 18.9 Å². The number of hydrogen-bond acceptors (Lipinski definition) is 4. The molecule has 1 aromatic carbocycles. The first-order chi connectivity index (χ1) is 14.0. The van der Waals surface area contributed by atoms with Gasteiger partial charge in [-0.2, -0.15) is 0 Å². The fourth-order valence-corrected chi connectivity index (χ4v) is 4.02. The second kappa shape index (κ2) is 8.17. The van der Waals surface area contributed by atoms with Crippen molar-refractivity contribution in [2.45, 2.75) is 32.4 Å². The Kier molecular flexibility index (Phi) is 5.45. The minimum atomic E-state index is -0.312. The fraction of sp³-hybridized carbons (Fsp3) is 0.348. The highest BCUT2D eigenvalue weighted by Crippen LogP contribution is 2.18. The first kappa shape index (κ1) is 19.3. The van der Waals surface area contributed by atoms with E-state index in [0.29, 0.717) is 5.65 Å². The number of piperidine rings is 1. The second-order valence-electron chi connectivity index (χ2n) is 7.84. The maximum Gasteiger partial charge on any atom is 0.270 e. The van der Waals surface area contributed by atoms with Gasteiger partial charge in [-0.15, -0.1) is 0 Å². The number of likely N-dealkylation sites (tertiary alicyclic amines) is 1. The van der Waals surface area contributed by atoms with E-state index in [1.165, 1.54) is 16.2 Å². The molecule has 0 bridgehead atoms. The van der Waals surface area contributed by atoms with Gasteiger partial charge in [0, 0.05) is 38.6 Å². The van der Waals surface area contributed by atoms with Crippen LogP contribution in [-0.4, -0.2) is 51.3 Å². The predicted molar refractivity (Wildman–Crippen MR) is 113 cm³/mol. The van der Waals surface area contributed by atoms with E-state index in [1.54, 1.807) is 24.2 Å². The van der Waals surface area contributed by atoms with E-state index in [-0.39, 0.29) is 23.1 Å². The van der Waals surface area contributed by atoms with Gasteiger partial charge in [-0.1, -0.05) is 36.4 Å². The molecule has 0 saturated carbocycles. The van der Waals surface area contributed by atoms with Gasteiger partial charge in [0.2, 0.25) is 0 Å². The number of aromatic nitrogens is 2. The molecule has 4 rings (SSSR count). The van der Waals surface area contributed by atoms with Crippen LogP contribution in [0.3, 0.4) is 0 Å². The summed E-state index contributed by atoms with van der Waals surface area (Å²) in [7, 11) is 1.80. The lowest BCUT2D eigenvalue weighted by Crippen LogP contribution is -2.49. The van der Waals surface area contributed by atoms with Crippen molar-refractivity contribution in [3.8, 4) is 0 Å². The first-order valence-electron chi connectivity index (χ1n) is 10.0. The van der Waals surface area contributed by atoms with Gasteiger partial charge < -0.3 is 4.90 Å². The molecule has 1 unspecified atom stereocenters. The lowest BCUT2D eigenvalue weighted by atomic mass is 10.0. The summed E-state index contributed by atoms with van der Waals surface area (Å²) in [6, 6.07) is 14.1. The normalized spacial score (nSPS) is 17.4. The number of nitrogens with zero attached hydrogens (tertiary/aromatic N) is 4. The molecule has 1 saturated heterocycles. The summed E-state index contributed by atoms with van der Waals surface area (Å²) in [4.78, 5) is 34.4. The Bertz CT molecular complexity index is 1080. The molecular formula is C23H26N4O2. The highest BCUT2D eigenvalue weighted by atomic mass is 16.2. The van der Waals surface area contributed by atoms with Crippen molar-refractivity contribution in [2.24, 2.45) is 0 Å². The van der Waals surface area contributed by atoms with Gasteiger partial charge in [0.1, 0.15) is 11.2 Å². The lowest BCUT2D eigenvalue weighted by Gasteiger charge is -2.37. The summed E-state index contributed by atoms with van der Waals surface area (Å²) < 4.78 is 1.46. The maximum atomic E-state index is 13.1. The monoisotopic (exact) mass is 390 g/mol. The molecule has 6 heteroatoms. The molecule has 1 aliphatic heterocycles. The van der Waals surface area contributed by atoms with Crippen LogP contribution < -0.4 is 5.56 Å². The van der Waals surface area contributed by atoms with Crippen molar-refractivity contribution in [2.75, 3.05) is 20.1 Å². The predicted octanol–water partition coefficient (Wildman–Crippen LogP) is 2.74. The van der Waals surface area contributed by atoms with Gasteiger partial charge in [0.25, 0.3) is 11.5 Å². The molecule has 6 nitrogen and oxygen atoms in total. The summed E-state index contributed by atoms with van der Waals surface area (Å²) in [6.07, 6.45) is 5.11. The maximum absolute atomic E-state index is 13.1. The van der Waals surface area contributed by atoms with Crippen LogP contribution in [0.2, 0.25) is 0 Å². The molecule has 0 radical (unpaired) electrons. The Balaban J connectivity index is 1.52. The molecule has 2 aromatic heterocycles. The zero-order valence-electron chi connectivity index (χ0n) is 16.9. The van der Waals surface area contributed by atoms with E-state index in [1.807, 2.05) is 31.2 Å². The van der Waals surface area contributed by atoms with Crippen molar-refractivity contribution in [1.82, 2.24) is 19.2 Å². The minimum Gasteiger partial charge on any atom is -0.337 e. The number of benzene rings is 1. The smallest absolute Gasteiger partial charge is 0.270 e. The van der Waals surface area contributed by atoms with Gasteiger partial charge in [0.05, 0.1) is 0 Å². The van der Waals surface area contributed by atoms with Crippen LogP contribution in [-0.2, 0) is 6.54 Å². The SMILES string of the molecule is Cc1ccc2ncc(C(=O)N(C)C3CCCN(Cc4ccccc4)C3)c(=O)n2c1. The van der Waals surface area contributed by atoms with Gasteiger partial charge >= 0.3 is 0 Å². The molecule has 150 valence electrons. The highest BCUT2D eigenvalue weighted by molar-refractivity contribution is 5.93. The number of pyridine rings is 1. The number of likely N-dealkylation sites (N-methyl/N-ethyl adjacent to an activating group) is 1. The highest BCUT2D eigenvalue weighted by Gasteiger charge is 2.28. The average molecular weight is 390 g/mol. The number of fused-ring (bicyclic) bond motifs is 1. The van der Waals surface area contributed by atoms with Crippen LogP contribution in [0.1, 0.15) is 34.3 Å². The van der Waals surface area contributed by atoms with Crippen LogP contribution in [0.4, 0.5) is 0 Å². The molecule has 1 fully saturated rings. The van der Waals surface area contributed by atoms with E-state index in [2.05, 4.69) is 22.0 Å². The molecule has 0 N–H and O–H groups in total. The standard InChI is InChI=1S/C23H26N4O2/c1-17-10-11-21-24-13-20(23(29)27(21)14-17)22(28)25(2)19-9-6-12-26(16-19)15-18-7-4-3-5-8-18/h3-5,7-8,10-11,13-14,19H,6,9,12,15-16H2,1-2H3. The summed E-state index contributed by atoms with van der Waals surface area (Å²) in [5.74, 6) is -0.259. The molecule has 29 heavy (non-hydrogen) atoms. The molecule has 1 atom stereocenters. The van der Waals surface area contributed by atoms with E-state index in [4.69, 9.17) is 0 Å². The Labute approximate surface area is 170 Å². The summed E-state index contributed by atoms with van der Waals surface area (Å²) >= 11 is 0. The molecule has 3 aromatic rings. The zero-order valence-corrected chi connectivity index (χ0v) is 16.9. The molecule has 3 heterocycles. The van der Waals surface area contributed by atoms with Crippen LogP contribution in [0, 0.1) is 6.92 Å². The summed E-state index contributed by atoms with van der Waals surface area (Å²) in [5, 5.41) is 0. The minimum absolute atomic E-state index is 0.0811. The van der Waals surface area contributed by atoms with Crippen molar-refractivity contribution in [3.63, 3.8) is 0 Å². The molecule has 0 aliphatic carbocycles. The Hall–Kier alpha value is -2.99. The largest absolute Gasteiger partial charge is 0.337 e. The fourth-order valence-electron chi connectivity index (χ4n) is 4.02. The van der Waals surface area contributed by atoms with E-state index in [9.17, 15) is 9.59 Å². The second-order valence-corrected chi connectivity index (χ2v) is 7.84. The van der Waals surface area contributed by atoms with Crippen molar-refractivity contribution < 1.29 is 4.79 Å². The van der Waals surface area contributed by atoms with Crippen LogP contribution in [0.25, 0.3) is 5.65 Å². The average Bonchev–Trinajstić information content (AvgIpc) is 2.74. The van der Waals surface area contributed by atoms with Gasteiger partial charge in [-0.05, 0) is 43.5 Å². The Morgan fingerprint density at radius 2 is 2.00 bits per heavy atom. The quantitative estimate of drug-likeness (QED) is 0.687. The number of carbonyl (C=O) groups is 1. The van der Waals surface area contributed by atoms with Crippen LogP contribution in [0.5, 0.6) is 0 Å². The molecule has 0 spiro atoms. The Morgan fingerprint density at radius 3 is 2.79 bits per heavy atom. The van der Waals surface area contributed by atoms with E-state index in [0.717, 1.165) is 38.0 Å². The summed E-state index contributed by atoms with van der Waals surface area (Å²) in [6.45, 7) is 4.61. The zero-order chi connectivity index (χ0) is 20.4. The van der Waals surface area contributed by atoms with E-state index >= 15 is 0 Å². The Morgan fingerprint density at radius 1 is 1.21 bits per heavy atom. The topological polar surface area (TPSA) is 57.9 Å². The molecule has 1 amide bonds. The number of rotatable bonds is 4. The van der Waals surface area contributed by atoms with Gasteiger partial charge in [0.15, 0.2) is 0 Å². The summed E-state index contributed by atoms with van der Waals surface area (Å²) in [5.41, 5.74) is 2.58.